The largest absolute Gasteiger partial charge is 0.489 e. The second-order valence-electron chi connectivity index (χ2n) is 7.20. The molecule has 2 heterocycles. The van der Waals surface area contributed by atoms with Crippen molar-refractivity contribution >= 4 is 23.4 Å². The summed E-state index contributed by atoms with van der Waals surface area (Å²) in [6, 6.07) is 13.9. The Morgan fingerprint density at radius 2 is 2.10 bits per heavy atom. The van der Waals surface area contributed by atoms with Crippen LogP contribution in [0.5, 0.6) is 5.75 Å². The van der Waals surface area contributed by atoms with Crippen LogP contribution in [-0.2, 0) is 0 Å². The number of hydrogen-bond donors (Lipinski definition) is 2. The number of hydrogen-bond acceptors (Lipinski definition) is 4. The lowest BCUT2D eigenvalue weighted by Gasteiger charge is -2.33. The van der Waals surface area contributed by atoms with E-state index < -0.39 is 0 Å². The van der Waals surface area contributed by atoms with E-state index in [0.717, 1.165) is 50.0 Å². The van der Waals surface area contributed by atoms with Gasteiger partial charge in [0, 0.05) is 36.9 Å². The molecule has 0 amide bonds. The summed E-state index contributed by atoms with van der Waals surface area (Å²) in [4.78, 5) is 11.5. The molecule has 29 heavy (non-hydrogen) atoms. The molecule has 2 N–H and O–H groups in total. The summed E-state index contributed by atoms with van der Waals surface area (Å²) in [6.45, 7) is 7.45. The first-order valence-electron chi connectivity index (χ1n) is 10.3. The molecule has 0 radical (unpaired) electrons. The minimum absolute atomic E-state index is 0.0464. The molecule has 1 saturated heterocycles. The standard InChI is InChI=1S/C22H30ClN5O/c1-3-24-22(26-16-17(2)29-20-8-6-7-18(23)15-20)27-19-10-13-28(14-11-19)21-9-4-5-12-25-21/h4-9,12,15,17,19H,3,10-11,13-14,16H2,1-2H3,(H2,24,26,27). The van der Waals surface area contributed by atoms with Gasteiger partial charge in [0.05, 0.1) is 6.54 Å². The topological polar surface area (TPSA) is 61.8 Å². The summed E-state index contributed by atoms with van der Waals surface area (Å²) in [5.74, 6) is 2.66. The number of nitrogens with zero attached hydrogens (tertiary/aromatic N) is 3. The maximum absolute atomic E-state index is 6.02. The fourth-order valence-electron chi connectivity index (χ4n) is 3.34. The van der Waals surface area contributed by atoms with Gasteiger partial charge in [-0.2, -0.15) is 0 Å². The molecule has 0 bridgehead atoms. The highest BCUT2D eigenvalue weighted by molar-refractivity contribution is 6.30. The molecule has 0 spiro atoms. The summed E-state index contributed by atoms with van der Waals surface area (Å²) in [5, 5.41) is 7.58. The van der Waals surface area contributed by atoms with Crippen LogP contribution in [0.3, 0.4) is 0 Å². The van der Waals surface area contributed by atoms with Crippen LogP contribution in [0.2, 0.25) is 5.02 Å². The number of nitrogens with one attached hydrogen (secondary N) is 2. The van der Waals surface area contributed by atoms with Crippen molar-refractivity contribution in [3.8, 4) is 5.75 Å². The normalized spacial score (nSPS) is 16.4. The maximum Gasteiger partial charge on any atom is 0.191 e. The van der Waals surface area contributed by atoms with Crippen molar-refractivity contribution in [1.29, 1.82) is 0 Å². The lowest BCUT2D eigenvalue weighted by atomic mass is 10.1. The average molecular weight is 416 g/mol. The van der Waals surface area contributed by atoms with Gasteiger partial charge in [0.15, 0.2) is 5.96 Å². The summed E-state index contributed by atoms with van der Waals surface area (Å²) in [7, 11) is 0. The van der Waals surface area contributed by atoms with E-state index in [-0.39, 0.29) is 6.10 Å². The summed E-state index contributed by atoms with van der Waals surface area (Å²) in [6.07, 6.45) is 3.91. The monoisotopic (exact) mass is 415 g/mol. The Kier molecular flexibility index (Phi) is 7.99. The number of aliphatic imine (C=N–C) groups is 1. The van der Waals surface area contributed by atoms with E-state index in [1.54, 1.807) is 0 Å². The number of piperidine rings is 1. The van der Waals surface area contributed by atoms with Crippen molar-refractivity contribution in [2.45, 2.75) is 38.8 Å². The van der Waals surface area contributed by atoms with Crippen molar-refractivity contribution in [1.82, 2.24) is 15.6 Å². The van der Waals surface area contributed by atoms with E-state index in [1.807, 2.05) is 49.5 Å². The highest BCUT2D eigenvalue weighted by Crippen LogP contribution is 2.19. The number of guanidine groups is 1. The zero-order valence-electron chi connectivity index (χ0n) is 17.1. The number of rotatable bonds is 7. The van der Waals surface area contributed by atoms with E-state index in [9.17, 15) is 0 Å². The smallest absolute Gasteiger partial charge is 0.191 e. The van der Waals surface area contributed by atoms with E-state index in [2.05, 4.69) is 33.5 Å². The summed E-state index contributed by atoms with van der Waals surface area (Å²) < 4.78 is 5.92. The summed E-state index contributed by atoms with van der Waals surface area (Å²) in [5.41, 5.74) is 0. The van der Waals surface area contributed by atoms with Crippen molar-refractivity contribution in [3.05, 3.63) is 53.7 Å². The molecule has 1 aromatic carbocycles. The van der Waals surface area contributed by atoms with Crippen LogP contribution in [0.15, 0.2) is 53.7 Å². The van der Waals surface area contributed by atoms with Crippen LogP contribution in [-0.4, -0.2) is 49.3 Å². The molecule has 0 saturated carbocycles. The van der Waals surface area contributed by atoms with Gasteiger partial charge in [-0.05, 0) is 57.0 Å². The molecule has 0 aliphatic carbocycles. The molecule has 1 unspecified atom stereocenters. The molecular formula is C22H30ClN5O. The molecule has 1 atom stereocenters. The first-order chi connectivity index (χ1) is 14.1. The first-order valence-corrected chi connectivity index (χ1v) is 10.6. The van der Waals surface area contributed by atoms with Gasteiger partial charge in [-0.3, -0.25) is 0 Å². The van der Waals surface area contributed by atoms with Crippen LogP contribution >= 0.6 is 11.6 Å². The maximum atomic E-state index is 6.02. The highest BCUT2D eigenvalue weighted by atomic mass is 35.5. The molecule has 1 fully saturated rings. The molecular weight excluding hydrogens is 386 g/mol. The lowest BCUT2D eigenvalue weighted by molar-refractivity contribution is 0.230. The van der Waals surface area contributed by atoms with E-state index >= 15 is 0 Å². The fourth-order valence-corrected chi connectivity index (χ4v) is 3.52. The van der Waals surface area contributed by atoms with Crippen LogP contribution in [0.25, 0.3) is 0 Å². The molecule has 1 aliphatic rings. The SMILES string of the molecule is CCNC(=NCC(C)Oc1cccc(Cl)c1)NC1CCN(c2ccccn2)CC1. The Hall–Kier alpha value is -2.47. The third-order valence-corrected chi connectivity index (χ3v) is 5.03. The van der Waals surface area contributed by atoms with E-state index in [1.165, 1.54) is 0 Å². The van der Waals surface area contributed by atoms with E-state index in [0.29, 0.717) is 17.6 Å². The van der Waals surface area contributed by atoms with Gasteiger partial charge in [0.1, 0.15) is 17.7 Å². The molecule has 1 aliphatic heterocycles. The molecule has 2 aromatic rings. The van der Waals surface area contributed by atoms with Gasteiger partial charge in [-0.1, -0.05) is 23.7 Å². The third-order valence-electron chi connectivity index (χ3n) is 4.79. The lowest BCUT2D eigenvalue weighted by Crippen LogP contribution is -2.49. The minimum atomic E-state index is -0.0464. The number of anilines is 1. The fraction of sp³-hybridized carbons (Fsp3) is 0.455. The van der Waals surface area contributed by atoms with Gasteiger partial charge in [-0.15, -0.1) is 0 Å². The Labute approximate surface area is 178 Å². The number of pyridine rings is 1. The first kappa shape index (κ1) is 21.2. The number of halogens is 1. The van der Waals surface area contributed by atoms with E-state index in [4.69, 9.17) is 21.3 Å². The van der Waals surface area contributed by atoms with Crippen LogP contribution < -0.4 is 20.3 Å². The predicted molar refractivity (Wildman–Crippen MR) is 120 cm³/mol. The highest BCUT2D eigenvalue weighted by Gasteiger charge is 2.20. The quantitative estimate of drug-likeness (QED) is 0.533. The minimum Gasteiger partial charge on any atom is -0.489 e. The molecule has 7 heteroatoms. The predicted octanol–water partition coefficient (Wildman–Crippen LogP) is 3.73. The van der Waals surface area contributed by atoms with Crippen LogP contribution in [0, 0.1) is 0 Å². The van der Waals surface area contributed by atoms with Crippen LogP contribution in [0.4, 0.5) is 5.82 Å². The third kappa shape index (κ3) is 6.82. The second-order valence-corrected chi connectivity index (χ2v) is 7.64. The number of ether oxygens (including phenoxy) is 1. The summed E-state index contributed by atoms with van der Waals surface area (Å²) >= 11 is 6.02. The molecule has 156 valence electrons. The number of aromatic nitrogens is 1. The van der Waals surface area contributed by atoms with Crippen molar-refractivity contribution < 1.29 is 4.74 Å². The Morgan fingerprint density at radius 1 is 1.28 bits per heavy atom. The zero-order valence-corrected chi connectivity index (χ0v) is 17.9. The van der Waals surface area contributed by atoms with Gasteiger partial charge in [0.25, 0.3) is 0 Å². The molecule has 1 aromatic heterocycles. The van der Waals surface area contributed by atoms with Crippen molar-refractivity contribution in [3.63, 3.8) is 0 Å². The number of benzene rings is 1. The molecule has 3 rings (SSSR count). The van der Waals surface area contributed by atoms with Crippen molar-refractivity contribution in [2.24, 2.45) is 4.99 Å². The Balaban J connectivity index is 1.49. The zero-order chi connectivity index (χ0) is 20.5. The Morgan fingerprint density at radius 3 is 2.79 bits per heavy atom. The van der Waals surface area contributed by atoms with Gasteiger partial charge < -0.3 is 20.3 Å². The van der Waals surface area contributed by atoms with Gasteiger partial charge in [0.2, 0.25) is 0 Å². The van der Waals surface area contributed by atoms with Gasteiger partial charge >= 0.3 is 0 Å². The van der Waals surface area contributed by atoms with Gasteiger partial charge in [-0.25, -0.2) is 9.98 Å². The average Bonchev–Trinajstić information content (AvgIpc) is 2.73. The molecule has 6 nitrogen and oxygen atoms in total. The van der Waals surface area contributed by atoms with Crippen LogP contribution in [0.1, 0.15) is 26.7 Å². The Bertz CT molecular complexity index is 778. The van der Waals surface area contributed by atoms with Crippen molar-refractivity contribution in [2.75, 3.05) is 31.1 Å². The second kappa shape index (κ2) is 10.9.